The molecule has 0 atom stereocenters. The van der Waals surface area contributed by atoms with Gasteiger partial charge in [-0.1, -0.05) is 38.1 Å². The van der Waals surface area contributed by atoms with Crippen LogP contribution in [0.15, 0.2) is 58.1 Å². The van der Waals surface area contributed by atoms with Crippen molar-refractivity contribution in [1.29, 1.82) is 0 Å². The molecule has 0 aliphatic heterocycles. The van der Waals surface area contributed by atoms with Gasteiger partial charge in [0.15, 0.2) is 5.65 Å². The summed E-state index contributed by atoms with van der Waals surface area (Å²) in [6.07, 6.45) is -4.67. The minimum atomic E-state index is -4.67. The molecule has 4 aromatic rings. The normalized spacial score (nSPS) is 12.2. The predicted molar refractivity (Wildman–Crippen MR) is 109 cm³/mol. The molecule has 0 bridgehead atoms. The highest BCUT2D eigenvalue weighted by molar-refractivity contribution is 5.91. The summed E-state index contributed by atoms with van der Waals surface area (Å²) in [4.78, 5) is 31.1. The molecule has 2 aromatic heterocycles. The highest BCUT2D eigenvalue weighted by Gasteiger charge is 2.35. The van der Waals surface area contributed by atoms with Crippen LogP contribution >= 0.6 is 0 Å². The van der Waals surface area contributed by atoms with Crippen LogP contribution in [0, 0.1) is 0 Å². The first-order valence-corrected chi connectivity index (χ1v) is 9.34. The Morgan fingerprint density at radius 2 is 1.60 bits per heavy atom. The lowest BCUT2D eigenvalue weighted by Gasteiger charge is -2.20. The third-order valence-electron chi connectivity index (χ3n) is 5.11. The van der Waals surface area contributed by atoms with Crippen molar-refractivity contribution >= 4 is 21.9 Å². The number of rotatable bonds is 2. The summed E-state index contributed by atoms with van der Waals surface area (Å²) in [5, 5.41) is 0.0666. The van der Waals surface area contributed by atoms with Gasteiger partial charge in [0, 0.05) is 18.4 Å². The maximum Gasteiger partial charge on any atom is 0.418 e. The third-order valence-corrected chi connectivity index (χ3v) is 5.11. The minimum absolute atomic E-state index is 0.146. The van der Waals surface area contributed by atoms with Crippen LogP contribution < -0.4 is 11.0 Å². The van der Waals surface area contributed by atoms with Crippen molar-refractivity contribution in [2.24, 2.45) is 7.05 Å². The average molecular weight is 413 g/mol. The van der Waals surface area contributed by atoms with E-state index in [0.29, 0.717) is 10.9 Å². The topological polar surface area (TPSA) is 56.9 Å². The summed E-state index contributed by atoms with van der Waals surface area (Å²) >= 11 is 0. The molecule has 0 spiro atoms. The van der Waals surface area contributed by atoms with Gasteiger partial charge < -0.3 is 4.57 Å². The fraction of sp³-hybridized carbons (Fsp3) is 0.227. The fourth-order valence-electron chi connectivity index (χ4n) is 3.70. The van der Waals surface area contributed by atoms with Crippen LogP contribution in [-0.2, 0) is 13.2 Å². The summed E-state index contributed by atoms with van der Waals surface area (Å²) in [7, 11) is 1.68. The van der Waals surface area contributed by atoms with Gasteiger partial charge >= 0.3 is 6.18 Å². The monoisotopic (exact) mass is 413 g/mol. The predicted octanol–water partition coefficient (Wildman–Crippen LogP) is 4.38. The molecule has 0 unspecified atom stereocenters. The van der Waals surface area contributed by atoms with Crippen LogP contribution in [0.3, 0.4) is 0 Å². The van der Waals surface area contributed by atoms with E-state index < -0.39 is 22.7 Å². The fourth-order valence-corrected chi connectivity index (χ4v) is 3.70. The van der Waals surface area contributed by atoms with Crippen molar-refractivity contribution in [1.82, 2.24) is 14.1 Å². The lowest BCUT2D eigenvalue weighted by molar-refractivity contribution is -0.137. The molecule has 4 rings (SSSR count). The maximum atomic E-state index is 13.7. The number of fused-ring (bicyclic) bond motifs is 2. The number of nitrogens with zero attached hydrogens (tertiary/aromatic N) is 3. The Hall–Kier alpha value is -3.42. The van der Waals surface area contributed by atoms with Gasteiger partial charge in [-0.3, -0.25) is 14.2 Å². The van der Waals surface area contributed by atoms with E-state index in [1.165, 1.54) is 18.2 Å². The van der Waals surface area contributed by atoms with Crippen LogP contribution in [-0.4, -0.2) is 14.1 Å². The van der Waals surface area contributed by atoms with E-state index in [1.54, 1.807) is 49.7 Å². The first-order chi connectivity index (χ1) is 14.1. The molecular weight excluding hydrogens is 395 g/mol. The largest absolute Gasteiger partial charge is 0.418 e. The van der Waals surface area contributed by atoms with Crippen molar-refractivity contribution in [2.75, 3.05) is 0 Å². The van der Waals surface area contributed by atoms with E-state index in [2.05, 4.69) is 4.98 Å². The number of aromatic nitrogens is 3. The molecule has 5 nitrogen and oxygen atoms in total. The Labute approximate surface area is 169 Å². The molecule has 0 aliphatic carbocycles. The molecular formula is C22H18F3N3O2. The molecule has 154 valence electrons. The van der Waals surface area contributed by atoms with Gasteiger partial charge in [0.1, 0.15) is 11.2 Å². The summed E-state index contributed by atoms with van der Waals surface area (Å²) in [5.41, 5.74) is -1.94. The molecule has 0 N–H and O–H groups in total. The number of aryl methyl sites for hydroxylation is 1. The molecule has 0 amide bonds. The molecule has 0 saturated heterocycles. The Morgan fingerprint density at radius 3 is 2.27 bits per heavy atom. The van der Waals surface area contributed by atoms with Gasteiger partial charge in [-0.05, 0) is 24.3 Å². The van der Waals surface area contributed by atoms with Crippen molar-refractivity contribution in [2.45, 2.75) is 25.9 Å². The number of hydrogen-bond donors (Lipinski definition) is 0. The number of benzene rings is 2. The zero-order valence-electron chi connectivity index (χ0n) is 16.5. The van der Waals surface area contributed by atoms with Gasteiger partial charge in [-0.15, -0.1) is 0 Å². The second-order valence-electron chi connectivity index (χ2n) is 7.38. The first-order valence-electron chi connectivity index (χ1n) is 9.34. The number of pyridine rings is 1. The molecule has 0 saturated carbocycles. The van der Waals surface area contributed by atoms with Crippen LogP contribution in [0.5, 0.6) is 0 Å². The van der Waals surface area contributed by atoms with Gasteiger partial charge in [0.25, 0.3) is 5.56 Å². The van der Waals surface area contributed by atoms with Gasteiger partial charge in [-0.2, -0.15) is 13.2 Å². The van der Waals surface area contributed by atoms with Crippen LogP contribution in [0.1, 0.15) is 31.2 Å². The van der Waals surface area contributed by atoms with Crippen molar-refractivity contribution in [3.63, 3.8) is 0 Å². The van der Waals surface area contributed by atoms with E-state index >= 15 is 0 Å². The molecule has 0 radical (unpaired) electrons. The SMILES string of the molecule is CC(C)c1nc2c(c(=O)c3ccccc3n2C)c(=O)n1-c1ccccc1C(F)(F)F. The molecule has 30 heavy (non-hydrogen) atoms. The molecule has 8 heteroatoms. The minimum Gasteiger partial charge on any atom is -0.328 e. The molecule has 2 heterocycles. The van der Waals surface area contributed by atoms with Crippen LogP contribution in [0.25, 0.3) is 27.6 Å². The summed E-state index contributed by atoms with van der Waals surface area (Å²) < 4.78 is 43.5. The van der Waals surface area contributed by atoms with Crippen molar-refractivity contribution < 1.29 is 13.2 Å². The average Bonchev–Trinajstić information content (AvgIpc) is 2.70. The van der Waals surface area contributed by atoms with Gasteiger partial charge in [0.05, 0.1) is 16.8 Å². The van der Waals surface area contributed by atoms with E-state index in [1.807, 2.05) is 0 Å². The standard InChI is InChI=1S/C22H18F3N3O2/c1-12(2)19-26-20-17(18(29)13-8-4-6-10-15(13)27(20)3)21(30)28(19)16-11-7-5-9-14(16)22(23,24)25/h4-12H,1-3H3. The van der Waals surface area contributed by atoms with Crippen molar-refractivity contribution in [3.05, 3.63) is 80.5 Å². The first kappa shape index (κ1) is 19.9. The van der Waals surface area contributed by atoms with Gasteiger partial charge in [-0.25, -0.2) is 4.98 Å². The summed E-state index contributed by atoms with van der Waals surface area (Å²) in [6.45, 7) is 3.47. The maximum absolute atomic E-state index is 13.7. The second kappa shape index (κ2) is 6.83. The number of hydrogen-bond acceptors (Lipinski definition) is 3. The zero-order chi connectivity index (χ0) is 21.8. The highest BCUT2D eigenvalue weighted by atomic mass is 19.4. The highest BCUT2D eigenvalue weighted by Crippen LogP contribution is 2.34. The van der Waals surface area contributed by atoms with Crippen LogP contribution in [0.2, 0.25) is 0 Å². The number of halogens is 3. The lowest BCUT2D eigenvalue weighted by Crippen LogP contribution is -2.31. The quantitative estimate of drug-likeness (QED) is 0.459. The van der Waals surface area contributed by atoms with E-state index in [0.717, 1.165) is 10.6 Å². The zero-order valence-corrected chi connectivity index (χ0v) is 16.5. The van der Waals surface area contributed by atoms with Gasteiger partial charge in [0.2, 0.25) is 5.43 Å². The number of alkyl halides is 3. The van der Waals surface area contributed by atoms with E-state index in [4.69, 9.17) is 0 Å². The Morgan fingerprint density at radius 1 is 0.967 bits per heavy atom. The van der Waals surface area contributed by atoms with Crippen molar-refractivity contribution in [3.8, 4) is 5.69 Å². The molecule has 0 fully saturated rings. The number of para-hydroxylation sites is 2. The molecule has 0 aliphatic rings. The van der Waals surface area contributed by atoms with Crippen LogP contribution in [0.4, 0.5) is 13.2 Å². The molecule has 2 aromatic carbocycles. The third kappa shape index (κ3) is 2.91. The van der Waals surface area contributed by atoms with E-state index in [-0.39, 0.29) is 28.5 Å². The summed E-state index contributed by atoms with van der Waals surface area (Å²) in [5.74, 6) is -0.223. The Bertz CT molecular complexity index is 1420. The second-order valence-corrected chi connectivity index (χ2v) is 7.38. The Balaban J connectivity index is 2.26. The lowest BCUT2D eigenvalue weighted by atomic mass is 10.1. The van der Waals surface area contributed by atoms with E-state index in [9.17, 15) is 22.8 Å². The summed E-state index contributed by atoms with van der Waals surface area (Å²) in [6, 6.07) is 11.6. The Kier molecular flexibility index (Phi) is 4.52. The smallest absolute Gasteiger partial charge is 0.328 e.